The summed E-state index contributed by atoms with van der Waals surface area (Å²) in [6, 6.07) is 45.4. The van der Waals surface area contributed by atoms with Crippen LogP contribution in [-0.4, -0.2) is 4.57 Å². The minimum atomic E-state index is 1.20. The molecule has 0 aliphatic rings. The lowest BCUT2D eigenvalue weighted by Crippen LogP contribution is -1.97. The maximum absolute atomic E-state index is 2.40. The number of aromatic nitrogens is 1. The first-order valence-electron chi connectivity index (χ1n) is 10.6. The van der Waals surface area contributed by atoms with Gasteiger partial charge in [0.15, 0.2) is 0 Å². The van der Waals surface area contributed by atoms with Gasteiger partial charge in [0.2, 0.25) is 0 Å². The van der Waals surface area contributed by atoms with E-state index in [0.29, 0.717) is 0 Å². The van der Waals surface area contributed by atoms with Crippen LogP contribution >= 0.6 is 0 Å². The summed E-state index contributed by atoms with van der Waals surface area (Å²) in [6.45, 7) is 0. The van der Waals surface area contributed by atoms with Crippen LogP contribution < -0.4 is 0 Å². The predicted molar refractivity (Wildman–Crippen MR) is 132 cm³/mol. The third kappa shape index (κ3) is 2.86. The number of para-hydroxylation sites is 3. The zero-order valence-corrected chi connectivity index (χ0v) is 17.1. The predicted octanol–water partition coefficient (Wildman–Crippen LogP) is 8.12. The first-order chi connectivity index (χ1) is 15.4. The van der Waals surface area contributed by atoms with Crippen molar-refractivity contribution in [2.75, 3.05) is 0 Å². The van der Waals surface area contributed by atoms with E-state index >= 15 is 0 Å². The molecular weight excluding hydrogens is 374 g/mol. The second-order valence-electron chi connectivity index (χ2n) is 7.80. The number of fused-ring (bicyclic) bond motifs is 3. The van der Waals surface area contributed by atoms with Gasteiger partial charge in [-0.1, -0.05) is 109 Å². The van der Waals surface area contributed by atoms with E-state index < -0.39 is 0 Å². The molecule has 6 aromatic rings. The van der Waals surface area contributed by atoms with Gasteiger partial charge in [0.25, 0.3) is 0 Å². The average Bonchev–Trinajstić information content (AvgIpc) is 3.19. The first kappa shape index (κ1) is 17.7. The molecule has 0 radical (unpaired) electrons. The van der Waals surface area contributed by atoms with E-state index in [1.54, 1.807) is 0 Å². The number of hydrogen-bond acceptors (Lipinski definition) is 0. The summed E-state index contributed by atoms with van der Waals surface area (Å²) in [6.07, 6.45) is 0. The van der Waals surface area contributed by atoms with Crippen molar-refractivity contribution in [3.8, 4) is 27.9 Å². The summed E-state index contributed by atoms with van der Waals surface area (Å²) in [5.41, 5.74) is 8.61. The fourth-order valence-corrected chi connectivity index (χ4v) is 4.67. The molecule has 0 saturated heterocycles. The Balaban J connectivity index is 1.68. The Morgan fingerprint density at radius 2 is 0.839 bits per heavy atom. The molecule has 1 heterocycles. The van der Waals surface area contributed by atoms with Crippen LogP contribution in [0.3, 0.4) is 0 Å². The van der Waals surface area contributed by atoms with Gasteiger partial charge in [-0.2, -0.15) is 0 Å². The number of rotatable bonds is 3. The molecule has 0 bridgehead atoms. The van der Waals surface area contributed by atoms with Crippen LogP contribution in [0.15, 0.2) is 127 Å². The molecule has 31 heavy (non-hydrogen) atoms. The first-order valence-corrected chi connectivity index (χ1v) is 10.6. The summed E-state index contributed by atoms with van der Waals surface area (Å²) in [4.78, 5) is 0. The fourth-order valence-electron chi connectivity index (χ4n) is 4.67. The van der Waals surface area contributed by atoms with Crippen molar-refractivity contribution >= 4 is 21.8 Å². The third-order valence-corrected chi connectivity index (χ3v) is 6.03. The standard InChI is InChI=1S/C30H21N/c1-2-12-22(13-3-1)23-14-4-5-15-24(23)25-16-6-9-19-28(25)31-29-20-10-7-17-26(29)27-18-8-11-21-30(27)31/h1-21H. The van der Waals surface area contributed by atoms with E-state index in [2.05, 4.69) is 132 Å². The molecule has 0 aliphatic heterocycles. The number of hydrogen-bond donors (Lipinski definition) is 0. The molecule has 0 atom stereocenters. The summed E-state index contributed by atoms with van der Waals surface area (Å²) in [5.74, 6) is 0. The van der Waals surface area contributed by atoms with Crippen molar-refractivity contribution in [3.63, 3.8) is 0 Å². The third-order valence-electron chi connectivity index (χ3n) is 6.03. The molecule has 5 aromatic carbocycles. The van der Waals surface area contributed by atoms with E-state index in [0.717, 1.165) is 0 Å². The monoisotopic (exact) mass is 395 g/mol. The minimum Gasteiger partial charge on any atom is -0.309 e. The lowest BCUT2D eigenvalue weighted by molar-refractivity contribution is 1.18. The van der Waals surface area contributed by atoms with Gasteiger partial charge >= 0.3 is 0 Å². The van der Waals surface area contributed by atoms with E-state index in [4.69, 9.17) is 0 Å². The van der Waals surface area contributed by atoms with Gasteiger partial charge in [-0.25, -0.2) is 0 Å². The van der Waals surface area contributed by atoms with Gasteiger partial charge in [0.05, 0.1) is 16.7 Å². The maximum atomic E-state index is 2.40. The van der Waals surface area contributed by atoms with Gasteiger partial charge in [0, 0.05) is 16.3 Å². The zero-order valence-electron chi connectivity index (χ0n) is 17.1. The van der Waals surface area contributed by atoms with Crippen LogP contribution in [0.2, 0.25) is 0 Å². The van der Waals surface area contributed by atoms with Crippen molar-refractivity contribution in [2.45, 2.75) is 0 Å². The highest BCUT2D eigenvalue weighted by atomic mass is 15.0. The molecule has 0 spiro atoms. The van der Waals surface area contributed by atoms with Crippen molar-refractivity contribution in [1.82, 2.24) is 4.57 Å². The smallest absolute Gasteiger partial charge is 0.0541 e. The highest BCUT2D eigenvalue weighted by Gasteiger charge is 2.16. The van der Waals surface area contributed by atoms with Crippen LogP contribution in [0.4, 0.5) is 0 Å². The SMILES string of the molecule is c1ccc(-c2ccccc2-c2ccccc2-n2c3ccccc3c3ccccc32)cc1. The zero-order chi connectivity index (χ0) is 20.6. The lowest BCUT2D eigenvalue weighted by atomic mass is 9.93. The molecule has 0 unspecified atom stereocenters. The molecule has 0 fully saturated rings. The van der Waals surface area contributed by atoms with E-state index in [-0.39, 0.29) is 0 Å². The van der Waals surface area contributed by atoms with Gasteiger partial charge in [-0.05, 0) is 34.9 Å². The lowest BCUT2D eigenvalue weighted by Gasteiger charge is -2.17. The van der Waals surface area contributed by atoms with Crippen LogP contribution in [-0.2, 0) is 0 Å². The van der Waals surface area contributed by atoms with Crippen LogP contribution in [0.1, 0.15) is 0 Å². The molecule has 1 aromatic heterocycles. The minimum absolute atomic E-state index is 1.20. The fraction of sp³-hybridized carbons (Fsp3) is 0. The highest BCUT2D eigenvalue weighted by molar-refractivity contribution is 6.09. The van der Waals surface area contributed by atoms with Gasteiger partial charge in [0.1, 0.15) is 0 Å². The van der Waals surface area contributed by atoms with Crippen molar-refractivity contribution in [2.24, 2.45) is 0 Å². The Morgan fingerprint density at radius 3 is 1.52 bits per heavy atom. The molecule has 1 nitrogen and oxygen atoms in total. The van der Waals surface area contributed by atoms with Gasteiger partial charge < -0.3 is 4.57 Å². The molecular formula is C30H21N. The van der Waals surface area contributed by atoms with Crippen LogP contribution in [0.5, 0.6) is 0 Å². The molecule has 146 valence electrons. The molecule has 0 amide bonds. The molecule has 0 aliphatic carbocycles. The van der Waals surface area contributed by atoms with Crippen molar-refractivity contribution in [3.05, 3.63) is 127 Å². The quantitative estimate of drug-likeness (QED) is 0.285. The topological polar surface area (TPSA) is 4.93 Å². The summed E-state index contributed by atoms with van der Waals surface area (Å²) < 4.78 is 2.40. The van der Waals surface area contributed by atoms with Crippen LogP contribution in [0.25, 0.3) is 49.7 Å². The second-order valence-corrected chi connectivity index (χ2v) is 7.80. The Morgan fingerprint density at radius 1 is 0.355 bits per heavy atom. The van der Waals surface area contributed by atoms with E-state index in [1.807, 2.05) is 0 Å². The van der Waals surface area contributed by atoms with Crippen molar-refractivity contribution in [1.29, 1.82) is 0 Å². The van der Waals surface area contributed by atoms with E-state index in [1.165, 1.54) is 49.7 Å². The molecule has 1 heteroatoms. The highest BCUT2D eigenvalue weighted by Crippen LogP contribution is 2.39. The summed E-state index contributed by atoms with van der Waals surface area (Å²) >= 11 is 0. The van der Waals surface area contributed by atoms with Gasteiger partial charge in [-0.3, -0.25) is 0 Å². The maximum Gasteiger partial charge on any atom is 0.0541 e. The number of benzene rings is 5. The Bertz CT molecular complexity index is 1470. The van der Waals surface area contributed by atoms with Crippen molar-refractivity contribution < 1.29 is 0 Å². The molecule has 0 N–H and O–H groups in total. The Kier molecular flexibility index (Phi) is 4.18. The summed E-state index contributed by atoms with van der Waals surface area (Å²) in [5, 5.41) is 2.56. The Labute approximate surface area is 181 Å². The summed E-state index contributed by atoms with van der Waals surface area (Å²) in [7, 11) is 0. The molecule has 0 saturated carbocycles. The molecule has 6 rings (SSSR count). The normalized spacial score (nSPS) is 11.2. The second kappa shape index (κ2) is 7.30. The van der Waals surface area contributed by atoms with E-state index in [9.17, 15) is 0 Å². The van der Waals surface area contributed by atoms with Gasteiger partial charge in [-0.15, -0.1) is 0 Å². The number of nitrogens with zero attached hydrogens (tertiary/aromatic N) is 1. The Hall–Kier alpha value is -4.10. The average molecular weight is 396 g/mol. The van der Waals surface area contributed by atoms with Crippen LogP contribution in [0, 0.1) is 0 Å². The largest absolute Gasteiger partial charge is 0.309 e.